The highest BCUT2D eigenvalue weighted by Crippen LogP contribution is 2.20. The summed E-state index contributed by atoms with van der Waals surface area (Å²) in [7, 11) is 0. The van der Waals surface area contributed by atoms with Gasteiger partial charge in [-0.1, -0.05) is 45.9 Å². The third kappa shape index (κ3) is 4.63. The van der Waals surface area contributed by atoms with Crippen molar-refractivity contribution in [1.29, 1.82) is 0 Å². The fourth-order valence-corrected chi connectivity index (χ4v) is 2.47. The summed E-state index contributed by atoms with van der Waals surface area (Å²) < 4.78 is 0. The van der Waals surface area contributed by atoms with Crippen molar-refractivity contribution in [3.8, 4) is 0 Å². The largest absolute Gasteiger partial charge is 0.245 e. The van der Waals surface area contributed by atoms with Gasteiger partial charge in [0.15, 0.2) is 0 Å². The number of hydrazone groups is 1. The summed E-state index contributed by atoms with van der Waals surface area (Å²) in [6.07, 6.45) is 2.92. The minimum absolute atomic E-state index is 0.558. The molecule has 0 fully saturated rings. The summed E-state index contributed by atoms with van der Waals surface area (Å²) >= 11 is 0. The highest BCUT2D eigenvalue weighted by molar-refractivity contribution is 5.99. The van der Waals surface area contributed by atoms with Crippen LogP contribution in [0.15, 0.2) is 35.4 Å². The summed E-state index contributed by atoms with van der Waals surface area (Å²) in [4.78, 5) is 8.99. The van der Waals surface area contributed by atoms with Gasteiger partial charge < -0.3 is 0 Å². The van der Waals surface area contributed by atoms with E-state index in [1.807, 2.05) is 6.92 Å². The molecule has 0 aliphatic carbocycles. The van der Waals surface area contributed by atoms with E-state index in [0.717, 1.165) is 41.9 Å². The van der Waals surface area contributed by atoms with Crippen molar-refractivity contribution in [2.45, 2.75) is 59.8 Å². The first kappa shape index (κ1) is 18.1. The third-order valence-corrected chi connectivity index (χ3v) is 4.37. The van der Waals surface area contributed by atoms with Crippen LogP contribution in [0.25, 0.3) is 0 Å². The van der Waals surface area contributed by atoms with E-state index in [1.165, 1.54) is 5.56 Å². The molecule has 24 heavy (non-hydrogen) atoms. The summed E-state index contributed by atoms with van der Waals surface area (Å²) in [6, 6.07) is 10.6. The van der Waals surface area contributed by atoms with E-state index in [1.54, 1.807) is 0 Å². The van der Waals surface area contributed by atoms with Gasteiger partial charge in [-0.15, -0.1) is 0 Å². The molecule has 1 unspecified atom stereocenters. The Balaban J connectivity index is 2.20. The summed E-state index contributed by atoms with van der Waals surface area (Å²) in [6.45, 7) is 10.7. The number of aromatic nitrogens is 2. The minimum atomic E-state index is 0.558. The summed E-state index contributed by atoms with van der Waals surface area (Å²) in [5, 5.41) is 4.48. The van der Waals surface area contributed by atoms with Gasteiger partial charge in [-0.2, -0.15) is 5.10 Å². The van der Waals surface area contributed by atoms with Crippen molar-refractivity contribution in [2.75, 3.05) is 5.43 Å². The van der Waals surface area contributed by atoms with Crippen molar-refractivity contribution < 1.29 is 0 Å². The molecule has 1 N–H and O–H groups in total. The van der Waals surface area contributed by atoms with E-state index in [2.05, 4.69) is 78.5 Å². The molecule has 1 atom stereocenters. The van der Waals surface area contributed by atoms with Crippen LogP contribution in [0.2, 0.25) is 0 Å². The van der Waals surface area contributed by atoms with Crippen molar-refractivity contribution in [3.05, 3.63) is 52.8 Å². The zero-order valence-corrected chi connectivity index (χ0v) is 15.4. The zero-order chi connectivity index (χ0) is 17.5. The number of aryl methyl sites for hydroxylation is 2. The number of benzene rings is 1. The van der Waals surface area contributed by atoms with Crippen molar-refractivity contribution in [2.24, 2.45) is 5.10 Å². The predicted octanol–water partition coefficient (Wildman–Crippen LogP) is 4.95. The average Bonchev–Trinajstić information content (AvgIpc) is 2.65. The Labute approximate surface area is 145 Å². The van der Waals surface area contributed by atoms with Gasteiger partial charge in [0.25, 0.3) is 0 Å². The average molecular weight is 324 g/mol. The summed E-state index contributed by atoms with van der Waals surface area (Å²) in [5.41, 5.74) is 8.51. The quantitative estimate of drug-likeness (QED) is 0.579. The van der Waals surface area contributed by atoms with E-state index in [4.69, 9.17) is 0 Å². The molecule has 128 valence electrons. The van der Waals surface area contributed by atoms with Gasteiger partial charge in [0.2, 0.25) is 5.95 Å². The fraction of sp³-hybridized carbons (Fsp3) is 0.450. The molecule has 0 bridgehead atoms. The van der Waals surface area contributed by atoms with Crippen molar-refractivity contribution in [1.82, 2.24) is 9.97 Å². The Morgan fingerprint density at radius 3 is 2.33 bits per heavy atom. The number of anilines is 1. The summed E-state index contributed by atoms with van der Waals surface area (Å²) in [5.74, 6) is 1.13. The molecule has 0 aliphatic heterocycles. The van der Waals surface area contributed by atoms with E-state index in [9.17, 15) is 0 Å². The normalized spacial score (nSPS) is 13.0. The van der Waals surface area contributed by atoms with E-state index in [0.29, 0.717) is 11.9 Å². The fourth-order valence-electron chi connectivity index (χ4n) is 2.47. The zero-order valence-electron chi connectivity index (χ0n) is 15.4. The van der Waals surface area contributed by atoms with Crippen LogP contribution in [0.5, 0.6) is 0 Å². The van der Waals surface area contributed by atoms with Crippen LogP contribution in [0, 0.1) is 0 Å². The van der Waals surface area contributed by atoms with Crippen LogP contribution in [-0.2, 0) is 12.8 Å². The van der Waals surface area contributed by atoms with Crippen LogP contribution in [0.1, 0.15) is 69.5 Å². The standard InChI is InChI=1S/C20H28N4/c1-6-14(4)16-10-9-11-17(12-16)15(5)23-24-20-21-18(7-2)13-19(8-3)22-20/h9-14H,6-8H2,1-5H3,(H,21,22,24). The minimum Gasteiger partial charge on any atom is -0.245 e. The van der Waals surface area contributed by atoms with Crippen molar-refractivity contribution in [3.63, 3.8) is 0 Å². The third-order valence-electron chi connectivity index (χ3n) is 4.37. The molecule has 1 heterocycles. The Morgan fingerprint density at radius 2 is 1.75 bits per heavy atom. The monoisotopic (exact) mass is 324 g/mol. The highest BCUT2D eigenvalue weighted by Gasteiger charge is 2.06. The second-order valence-electron chi connectivity index (χ2n) is 6.13. The number of rotatable bonds is 7. The van der Waals surface area contributed by atoms with Gasteiger partial charge in [0.05, 0.1) is 5.71 Å². The van der Waals surface area contributed by atoms with Crippen LogP contribution < -0.4 is 5.43 Å². The maximum absolute atomic E-state index is 4.50. The van der Waals surface area contributed by atoms with Gasteiger partial charge in [0, 0.05) is 11.4 Å². The molecule has 4 heteroatoms. The maximum atomic E-state index is 4.50. The molecule has 1 aromatic heterocycles. The van der Waals surface area contributed by atoms with E-state index >= 15 is 0 Å². The van der Waals surface area contributed by atoms with Gasteiger partial charge >= 0.3 is 0 Å². The second-order valence-corrected chi connectivity index (χ2v) is 6.13. The first-order valence-electron chi connectivity index (χ1n) is 8.84. The molecule has 0 amide bonds. The molecule has 0 saturated carbocycles. The van der Waals surface area contributed by atoms with Crippen LogP contribution in [-0.4, -0.2) is 15.7 Å². The molecule has 4 nitrogen and oxygen atoms in total. The predicted molar refractivity (Wildman–Crippen MR) is 102 cm³/mol. The lowest BCUT2D eigenvalue weighted by Crippen LogP contribution is -2.06. The molecule has 1 aromatic carbocycles. The molecule has 2 aromatic rings. The number of nitrogens with one attached hydrogen (secondary N) is 1. The Kier molecular flexibility index (Phi) is 6.47. The van der Waals surface area contributed by atoms with Gasteiger partial charge in [0.1, 0.15) is 0 Å². The molecule has 0 spiro atoms. The first-order chi connectivity index (χ1) is 11.6. The van der Waals surface area contributed by atoms with Gasteiger partial charge in [-0.05, 0) is 55.4 Å². The number of hydrogen-bond donors (Lipinski definition) is 1. The van der Waals surface area contributed by atoms with E-state index < -0.39 is 0 Å². The number of hydrogen-bond acceptors (Lipinski definition) is 4. The second kappa shape index (κ2) is 8.57. The Bertz CT molecular complexity index is 684. The molecular formula is C20H28N4. The topological polar surface area (TPSA) is 50.2 Å². The molecule has 0 radical (unpaired) electrons. The molecule has 2 rings (SSSR count). The van der Waals surface area contributed by atoms with Crippen molar-refractivity contribution >= 4 is 11.7 Å². The maximum Gasteiger partial charge on any atom is 0.243 e. The lowest BCUT2D eigenvalue weighted by Gasteiger charge is -2.11. The smallest absolute Gasteiger partial charge is 0.243 e. The Morgan fingerprint density at radius 1 is 1.08 bits per heavy atom. The molecule has 0 saturated heterocycles. The highest BCUT2D eigenvalue weighted by atomic mass is 15.4. The van der Waals surface area contributed by atoms with Gasteiger partial charge in [-0.3, -0.25) is 0 Å². The lowest BCUT2D eigenvalue weighted by atomic mass is 9.96. The number of nitrogens with zero attached hydrogens (tertiary/aromatic N) is 3. The lowest BCUT2D eigenvalue weighted by molar-refractivity contribution is 0.733. The molecular weight excluding hydrogens is 296 g/mol. The first-order valence-corrected chi connectivity index (χ1v) is 8.84. The van der Waals surface area contributed by atoms with Crippen LogP contribution in [0.4, 0.5) is 5.95 Å². The SMILES string of the molecule is CCc1cc(CC)nc(NN=C(C)c2cccc(C(C)CC)c2)n1. The van der Waals surface area contributed by atoms with Crippen LogP contribution in [0.3, 0.4) is 0 Å². The van der Waals surface area contributed by atoms with E-state index in [-0.39, 0.29) is 0 Å². The Hall–Kier alpha value is -2.23. The molecule has 0 aliphatic rings. The van der Waals surface area contributed by atoms with Crippen LogP contribution >= 0.6 is 0 Å². The van der Waals surface area contributed by atoms with Gasteiger partial charge in [-0.25, -0.2) is 15.4 Å².